The van der Waals surface area contributed by atoms with E-state index in [1.807, 2.05) is 12.1 Å². The molecule has 0 fully saturated rings. The van der Waals surface area contributed by atoms with Crippen LogP contribution in [0.25, 0.3) is 0 Å². The monoisotopic (exact) mass is 434 g/mol. The Hall–Kier alpha value is -1.76. The Balaban J connectivity index is 1.69. The summed E-state index contributed by atoms with van der Waals surface area (Å²) in [5.41, 5.74) is 8.91. The number of anilines is 1. The van der Waals surface area contributed by atoms with Gasteiger partial charge in [-0.15, -0.1) is 0 Å². The van der Waals surface area contributed by atoms with Gasteiger partial charge < -0.3 is 11.1 Å². The summed E-state index contributed by atoms with van der Waals surface area (Å²) in [7, 11) is 0. The van der Waals surface area contributed by atoms with Crippen LogP contribution in [0.3, 0.4) is 0 Å². The number of thioether (sulfide) groups is 1. The van der Waals surface area contributed by atoms with Gasteiger partial charge in [-0.05, 0) is 61.4 Å². The van der Waals surface area contributed by atoms with Crippen molar-refractivity contribution in [3.05, 3.63) is 57.3 Å². The van der Waals surface area contributed by atoms with Gasteiger partial charge in [0.2, 0.25) is 0 Å². The largest absolute Gasteiger partial charge is 0.379 e. The number of amides is 1. The number of hydrogen-bond donors (Lipinski definition) is 2. The number of carbonyl (C=O) groups excluding carboxylic acids is 1. The number of nitrogens with one attached hydrogen (secondary N) is 1. The van der Waals surface area contributed by atoms with E-state index in [1.54, 1.807) is 11.8 Å². The van der Waals surface area contributed by atoms with Crippen molar-refractivity contribution in [2.45, 2.75) is 31.7 Å². The molecule has 0 saturated heterocycles. The first-order chi connectivity index (χ1) is 13.4. The van der Waals surface area contributed by atoms with Gasteiger partial charge in [-0.25, -0.2) is 4.98 Å². The number of hydrogen-bond acceptors (Lipinski definition) is 5. The smallest absolute Gasteiger partial charge is 0.275 e. The van der Waals surface area contributed by atoms with Crippen LogP contribution in [-0.2, 0) is 12.0 Å². The fourth-order valence-electron chi connectivity index (χ4n) is 4.00. The van der Waals surface area contributed by atoms with Crippen molar-refractivity contribution in [2.75, 3.05) is 11.1 Å². The van der Waals surface area contributed by atoms with Crippen molar-refractivity contribution in [3.63, 3.8) is 0 Å². The molecule has 0 saturated carbocycles. The fraction of sp³-hybridized carbons (Fsp3) is 0.350. The average molecular weight is 435 g/mol. The number of aromatic nitrogens is 1. The Morgan fingerprint density at radius 2 is 2.18 bits per heavy atom. The number of halogens is 2. The van der Waals surface area contributed by atoms with E-state index < -0.39 is 0 Å². The second kappa shape index (κ2) is 7.58. The number of aryl methyl sites for hydroxylation is 1. The van der Waals surface area contributed by atoms with Crippen LogP contribution in [0, 0.1) is 5.92 Å². The van der Waals surface area contributed by atoms with E-state index in [0.29, 0.717) is 21.8 Å². The lowest BCUT2D eigenvalue weighted by Gasteiger charge is -2.37. The van der Waals surface area contributed by atoms with Gasteiger partial charge in [-0.2, -0.15) is 0 Å². The minimum absolute atomic E-state index is 0.140. The molecule has 4 rings (SSSR count). The lowest BCUT2D eigenvalue weighted by molar-refractivity contribution is 0.102. The van der Waals surface area contributed by atoms with E-state index in [4.69, 9.17) is 33.9 Å². The summed E-state index contributed by atoms with van der Waals surface area (Å²) in [5, 5.41) is 4.12. The third kappa shape index (κ3) is 3.61. The highest BCUT2D eigenvalue weighted by Crippen LogP contribution is 2.46. The van der Waals surface area contributed by atoms with E-state index in [2.05, 4.69) is 23.3 Å². The molecular weight excluding hydrogens is 415 g/mol. The highest BCUT2D eigenvalue weighted by atomic mass is 35.5. The predicted octanol–water partition coefficient (Wildman–Crippen LogP) is 4.87. The number of carbonyl (C=O) groups is 1. The highest BCUT2D eigenvalue weighted by Gasteiger charge is 2.41. The Morgan fingerprint density at radius 1 is 1.36 bits per heavy atom. The third-order valence-electron chi connectivity index (χ3n) is 5.50. The van der Waals surface area contributed by atoms with Crippen LogP contribution in [0.1, 0.15) is 41.4 Å². The van der Waals surface area contributed by atoms with Crippen LogP contribution >= 0.6 is 35.0 Å². The van der Waals surface area contributed by atoms with Gasteiger partial charge in [0.1, 0.15) is 5.69 Å². The van der Waals surface area contributed by atoms with Crippen molar-refractivity contribution >= 4 is 51.7 Å². The maximum Gasteiger partial charge on any atom is 0.275 e. The van der Waals surface area contributed by atoms with E-state index in [0.717, 1.165) is 30.6 Å². The maximum atomic E-state index is 12.6. The van der Waals surface area contributed by atoms with Gasteiger partial charge in [-0.3, -0.25) is 9.79 Å². The molecule has 146 valence electrons. The van der Waals surface area contributed by atoms with Crippen LogP contribution in [0.15, 0.2) is 35.5 Å². The van der Waals surface area contributed by atoms with Gasteiger partial charge in [0.15, 0.2) is 5.17 Å². The quantitative estimate of drug-likeness (QED) is 0.705. The van der Waals surface area contributed by atoms with E-state index in [-0.39, 0.29) is 22.2 Å². The van der Waals surface area contributed by atoms with E-state index in [1.165, 1.54) is 17.8 Å². The molecule has 2 aromatic rings. The molecule has 0 radical (unpaired) electrons. The Labute approximate surface area is 178 Å². The number of nitrogens with two attached hydrogens (primary N) is 1. The number of fused-ring (bicyclic) bond motifs is 3. The molecule has 0 unspecified atom stereocenters. The number of pyridine rings is 1. The van der Waals surface area contributed by atoms with Gasteiger partial charge in [-0.1, -0.05) is 41.0 Å². The van der Waals surface area contributed by atoms with Crippen molar-refractivity contribution in [2.24, 2.45) is 16.6 Å². The normalized spacial score (nSPS) is 23.8. The number of nitrogens with zero attached hydrogens (tertiary/aromatic N) is 2. The molecule has 1 aromatic heterocycles. The van der Waals surface area contributed by atoms with E-state index >= 15 is 0 Å². The molecule has 1 aliphatic carbocycles. The number of rotatable bonds is 2. The molecule has 2 atom stereocenters. The standard InChI is InChI=1S/C20H20Cl2N4OS/c1-20-12(10-28-19(23)26-20)4-2-3-11-5-6-14(8-15(11)20)25-18(27)17-16(22)7-13(21)9-24-17/h5-9,12H,2-4,10H2,1H3,(H2,23,26)(H,25,27)/t12-,20+/m1/s1. The molecule has 1 aliphatic heterocycles. The fourth-order valence-corrected chi connectivity index (χ4v) is 5.58. The molecular formula is C20H20Cl2N4OS. The van der Waals surface area contributed by atoms with Gasteiger partial charge in [0.25, 0.3) is 5.91 Å². The molecule has 0 spiro atoms. The van der Waals surface area contributed by atoms with Crippen molar-refractivity contribution in [3.8, 4) is 0 Å². The van der Waals surface area contributed by atoms with Crippen molar-refractivity contribution < 1.29 is 4.79 Å². The Bertz CT molecular complexity index is 981. The summed E-state index contributed by atoms with van der Waals surface area (Å²) in [5.74, 6) is 1.01. The predicted molar refractivity (Wildman–Crippen MR) is 117 cm³/mol. The topological polar surface area (TPSA) is 80.4 Å². The number of benzene rings is 1. The summed E-state index contributed by atoms with van der Waals surface area (Å²) in [6.45, 7) is 2.15. The molecule has 28 heavy (non-hydrogen) atoms. The van der Waals surface area contributed by atoms with Crippen LogP contribution in [-0.4, -0.2) is 21.8 Å². The SMILES string of the molecule is C[C@]12N=C(N)SC[C@H]1CCCc1ccc(NC(=O)c3ncc(Cl)cc3Cl)cc12. The minimum Gasteiger partial charge on any atom is -0.379 e. The van der Waals surface area contributed by atoms with Crippen LogP contribution in [0.2, 0.25) is 10.0 Å². The minimum atomic E-state index is -0.377. The molecule has 1 amide bonds. The molecule has 2 aliphatic rings. The zero-order valence-electron chi connectivity index (χ0n) is 15.3. The Morgan fingerprint density at radius 3 is 2.96 bits per heavy atom. The maximum absolute atomic E-state index is 12.6. The first kappa shape index (κ1) is 19.6. The zero-order valence-corrected chi connectivity index (χ0v) is 17.7. The highest BCUT2D eigenvalue weighted by molar-refractivity contribution is 8.13. The molecule has 3 N–H and O–H groups in total. The lowest BCUT2D eigenvalue weighted by atomic mass is 9.79. The third-order valence-corrected chi connectivity index (χ3v) is 6.96. The summed E-state index contributed by atoms with van der Waals surface area (Å²) < 4.78 is 0. The molecule has 1 aromatic carbocycles. The Kier molecular flexibility index (Phi) is 5.29. The number of amidine groups is 1. The molecule has 5 nitrogen and oxygen atoms in total. The van der Waals surface area contributed by atoms with Crippen LogP contribution in [0.5, 0.6) is 0 Å². The van der Waals surface area contributed by atoms with Gasteiger partial charge in [0, 0.05) is 17.6 Å². The summed E-state index contributed by atoms with van der Waals surface area (Å²) in [4.78, 5) is 21.5. The van der Waals surface area contributed by atoms with Crippen molar-refractivity contribution in [1.29, 1.82) is 0 Å². The first-order valence-electron chi connectivity index (χ1n) is 9.11. The first-order valence-corrected chi connectivity index (χ1v) is 10.8. The second-order valence-corrected chi connectivity index (χ2v) is 9.19. The van der Waals surface area contributed by atoms with Crippen LogP contribution in [0.4, 0.5) is 5.69 Å². The lowest BCUT2D eigenvalue weighted by Crippen LogP contribution is -2.37. The summed E-state index contributed by atoms with van der Waals surface area (Å²) >= 11 is 13.6. The number of aliphatic imine (C=N–C) groups is 1. The average Bonchev–Trinajstić information content (AvgIpc) is 2.77. The summed E-state index contributed by atoms with van der Waals surface area (Å²) in [6, 6.07) is 7.50. The summed E-state index contributed by atoms with van der Waals surface area (Å²) in [6.07, 6.45) is 4.64. The van der Waals surface area contributed by atoms with Gasteiger partial charge >= 0.3 is 0 Å². The van der Waals surface area contributed by atoms with Gasteiger partial charge in [0.05, 0.1) is 15.6 Å². The molecule has 2 heterocycles. The second-order valence-electron chi connectivity index (χ2n) is 7.31. The van der Waals surface area contributed by atoms with Crippen LogP contribution < -0.4 is 11.1 Å². The molecule has 8 heteroatoms. The molecule has 0 bridgehead atoms. The zero-order chi connectivity index (χ0) is 19.9. The van der Waals surface area contributed by atoms with E-state index in [9.17, 15) is 4.79 Å². The van der Waals surface area contributed by atoms with Crippen molar-refractivity contribution in [1.82, 2.24) is 4.98 Å².